The zero-order chi connectivity index (χ0) is 21.1. The second-order valence-corrected chi connectivity index (χ2v) is 7.82. The molecule has 0 spiro atoms. The first-order valence-corrected chi connectivity index (χ1v) is 9.93. The molecule has 0 bridgehead atoms. The number of halogens is 2. The van der Waals surface area contributed by atoms with E-state index in [1.54, 1.807) is 16.8 Å². The van der Waals surface area contributed by atoms with Crippen molar-refractivity contribution in [1.82, 2.24) is 24.6 Å². The van der Waals surface area contributed by atoms with Crippen LogP contribution in [0.3, 0.4) is 0 Å². The maximum atomic E-state index is 13.4. The molecule has 0 atom stereocenters. The first kappa shape index (κ1) is 21.0. The topological polar surface area (TPSA) is 64.7 Å². The van der Waals surface area contributed by atoms with Crippen LogP contribution in [0.15, 0.2) is 24.3 Å². The lowest BCUT2D eigenvalue weighted by Gasteiger charge is -2.05. The van der Waals surface area contributed by atoms with Gasteiger partial charge in [0.15, 0.2) is 0 Å². The van der Waals surface area contributed by atoms with Crippen molar-refractivity contribution >= 4 is 34.6 Å². The highest BCUT2D eigenvalue weighted by Gasteiger charge is 2.12. The van der Waals surface area contributed by atoms with Crippen molar-refractivity contribution in [2.75, 3.05) is 6.54 Å². The lowest BCUT2D eigenvalue weighted by molar-refractivity contribution is -0.116. The molecule has 0 aliphatic heterocycles. The molecule has 0 aliphatic carbocycles. The van der Waals surface area contributed by atoms with Gasteiger partial charge in [-0.3, -0.25) is 9.48 Å². The van der Waals surface area contributed by atoms with Gasteiger partial charge in [0.2, 0.25) is 5.91 Å². The van der Waals surface area contributed by atoms with Crippen LogP contribution < -0.4 is 5.32 Å². The number of aryl methyl sites for hydroxylation is 2. The van der Waals surface area contributed by atoms with E-state index in [1.165, 1.54) is 18.2 Å². The molecule has 2 heterocycles. The van der Waals surface area contributed by atoms with Gasteiger partial charge in [-0.1, -0.05) is 25.4 Å². The van der Waals surface area contributed by atoms with Crippen LogP contribution in [0.25, 0.3) is 17.1 Å². The Morgan fingerprint density at radius 1 is 1.38 bits per heavy atom. The molecule has 154 valence electrons. The van der Waals surface area contributed by atoms with Crippen LogP contribution in [-0.2, 0) is 24.8 Å². The van der Waals surface area contributed by atoms with Crippen LogP contribution in [0, 0.1) is 18.7 Å². The number of nitrogens with one attached hydrogen (secondary N) is 1. The molecule has 29 heavy (non-hydrogen) atoms. The Hall–Kier alpha value is -2.67. The number of hydrogen-bond acceptors (Lipinski definition) is 3. The second kappa shape index (κ2) is 8.78. The molecule has 1 N–H and O–H groups in total. The molecule has 0 saturated heterocycles. The molecule has 6 nitrogen and oxygen atoms in total. The molecule has 1 amide bonds. The minimum absolute atomic E-state index is 0.220. The van der Waals surface area contributed by atoms with E-state index in [4.69, 9.17) is 11.6 Å². The summed E-state index contributed by atoms with van der Waals surface area (Å²) < 4.78 is 17.0. The molecular formula is C21H25ClFN5O. The standard InChI is InChI=1S/C21H25ClFN5O/c1-13(2)12-28-21(22)16(14(3)26-28)6-8-20(29)24-10-9-19-25-17-11-15(23)5-7-18(17)27(19)4/h5-8,11,13H,9-10,12H2,1-4H3,(H,24,29). The molecule has 2 aromatic heterocycles. The minimum atomic E-state index is -0.314. The fraction of sp³-hybridized carbons (Fsp3) is 0.381. The Labute approximate surface area is 174 Å². The van der Waals surface area contributed by atoms with Gasteiger partial charge in [0.1, 0.15) is 16.8 Å². The normalized spacial score (nSPS) is 11.8. The van der Waals surface area contributed by atoms with E-state index >= 15 is 0 Å². The molecule has 0 saturated carbocycles. The number of amides is 1. The number of fused-ring (bicyclic) bond motifs is 1. The van der Waals surface area contributed by atoms with Crippen molar-refractivity contribution in [1.29, 1.82) is 0 Å². The Bertz CT molecular complexity index is 1070. The third-order valence-electron chi connectivity index (χ3n) is 4.63. The molecule has 3 rings (SSSR count). The van der Waals surface area contributed by atoms with E-state index in [2.05, 4.69) is 29.2 Å². The monoisotopic (exact) mass is 417 g/mol. The van der Waals surface area contributed by atoms with Crippen molar-refractivity contribution < 1.29 is 9.18 Å². The Kier molecular flexibility index (Phi) is 6.37. The van der Waals surface area contributed by atoms with E-state index < -0.39 is 0 Å². The molecule has 0 fully saturated rings. The summed E-state index contributed by atoms with van der Waals surface area (Å²) in [4.78, 5) is 16.6. The highest BCUT2D eigenvalue weighted by Crippen LogP contribution is 2.22. The molecule has 0 unspecified atom stereocenters. The van der Waals surface area contributed by atoms with Gasteiger partial charge >= 0.3 is 0 Å². The lowest BCUT2D eigenvalue weighted by Crippen LogP contribution is -2.24. The molecule has 0 radical (unpaired) electrons. The molecular weight excluding hydrogens is 393 g/mol. The average Bonchev–Trinajstić information content (AvgIpc) is 3.09. The van der Waals surface area contributed by atoms with Gasteiger partial charge < -0.3 is 9.88 Å². The van der Waals surface area contributed by atoms with Crippen LogP contribution in [0.4, 0.5) is 4.39 Å². The van der Waals surface area contributed by atoms with Crippen molar-refractivity contribution in [3.8, 4) is 0 Å². The third-order valence-corrected chi connectivity index (χ3v) is 5.03. The quantitative estimate of drug-likeness (QED) is 0.593. The van der Waals surface area contributed by atoms with Gasteiger partial charge in [-0.05, 0) is 31.1 Å². The molecule has 0 aliphatic rings. The maximum Gasteiger partial charge on any atom is 0.244 e. The largest absolute Gasteiger partial charge is 0.352 e. The van der Waals surface area contributed by atoms with Crippen molar-refractivity contribution in [2.24, 2.45) is 13.0 Å². The number of hydrogen-bond donors (Lipinski definition) is 1. The highest BCUT2D eigenvalue weighted by atomic mass is 35.5. The number of rotatable bonds is 7. The first-order valence-electron chi connectivity index (χ1n) is 9.56. The summed E-state index contributed by atoms with van der Waals surface area (Å²) in [6.45, 7) is 7.20. The van der Waals surface area contributed by atoms with Crippen molar-refractivity contribution in [2.45, 2.75) is 33.7 Å². The maximum absolute atomic E-state index is 13.4. The Morgan fingerprint density at radius 3 is 2.86 bits per heavy atom. The lowest BCUT2D eigenvalue weighted by atomic mass is 10.2. The summed E-state index contributed by atoms with van der Waals surface area (Å²) in [6.07, 6.45) is 3.69. The fourth-order valence-electron chi connectivity index (χ4n) is 3.19. The second-order valence-electron chi connectivity index (χ2n) is 7.46. The van der Waals surface area contributed by atoms with Gasteiger partial charge in [-0.15, -0.1) is 0 Å². The van der Waals surface area contributed by atoms with Crippen LogP contribution in [0.2, 0.25) is 5.15 Å². The zero-order valence-corrected chi connectivity index (χ0v) is 17.8. The summed E-state index contributed by atoms with van der Waals surface area (Å²) in [5.41, 5.74) is 3.00. The van der Waals surface area contributed by atoms with Crippen molar-refractivity contribution in [3.63, 3.8) is 0 Å². The summed E-state index contributed by atoms with van der Waals surface area (Å²) >= 11 is 6.39. The SMILES string of the molecule is Cc1nn(CC(C)C)c(Cl)c1C=CC(=O)NCCc1nc2cc(F)ccc2n1C. The number of benzene rings is 1. The highest BCUT2D eigenvalue weighted by molar-refractivity contribution is 6.31. The van der Waals surface area contributed by atoms with Crippen LogP contribution in [0.5, 0.6) is 0 Å². The summed E-state index contributed by atoms with van der Waals surface area (Å²) in [6, 6.07) is 4.52. The van der Waals surface area contributed by atoms with Gasteiger partial charge in [-0.2, -0.15) is 5.10 Å². The van der Waals surface area contributed by atoms with E-state index in [9.17, 15) is 9.18 Å². The number of nitrogens with zero attached hydrogens (tertiary/aromatic N) is 4. The fourth-order valence-corrected chi connectivity index (χ4v) is 3.49. The number of aromatic nitrogens is 4. The number of carbonyl (C=O) groups is 1. The number of carbonyl (C=O) groups excluding carboxylic acids is 1. The summed E-state index contributed by atoms with van der Waals surface area (Å²) in [5, 5.41) is 7.80. The molecule has 8 heteroatoms. The van der Waals surface area contributed by atoms with Gasteiger partial charge in [-0.25, -0.2) is 9.37 Å². The van der Waals surface area contributed by atoms with Gasteiger partial charge in [0, 0.05) is 44.3 Å². The van der Waals surface area contributed by atoms with E-state index in [0.717, 1.165) is 29.1 Å². The zero-order valence-electron chi connectivity index (χ0n) is 17.0. The predicted octanol–water partition coefficient (Wildman–Crippen LogP) is 3.90. The first-order chi connectivity index (χ1) is 13.8. The van der Waals surface area contributed by atoms with Gasteiger partial charge in [0.05, 0.1) is 16.7 Å². The third kappa shape index (κ3) is 4.85. The average molecular weight is 418 g/mol. The van der Waals surface area contributed by atoms with Gasteiger partial charge in [0.25, 0.3) is 0 Å². The summed E-state index contributed by atoms with van der Waals surface area (Å²) in [5.74, 6) is 0.670. The van der Waals surface area contributed by atoms with Crippen LogP contribution in [0.1, 0.15) is 30.9 Å². The predicted molar refractivity (Wildman–Crippen MR) is 113 cm³/mol. The van der Waals surface area contributed by atoms with E-state index in [1.807, 2.05) is 18.5 Å². The van der Waals surface area contributed by atoms with Crippen LogP contribution >= 0.6 is 11.6 Å². The smallest absolute Gasteiger partial charge is 0.244 e. The Balaban J connectivity index is 1.59. The molecule has 1 aromatic carbocycles. The summed E-state index contributed by atoms with van der Waals surface area (Å²) in [7, 11) is 1.88. The van der Waals surface area contributed by atoms with E-state index in [-0.39, 0.29) is 11.7 Å². The Morgan fingerprint density at radius 2 is 2.14 bits per heavy atom. The number of imidazole rings is 1. The van der Waals surface area contributed by atoms with Crippen molar-refractivity contribution in [3.05, 3.63) is 52.3 Å². The molecule has 3 aromatic rings. The minimum Gasteiger partial charge on any atom is -0.352 e. The van der Waals surface area contributed by atoms with E-state index in [0.29, 0.717) is 29.6 Å². The van der Waals surface area contributed by atoms with Crippen LogP contribution in [-0.4, -0.2) is 31.8 Å².